The monoisotopic (exact) mass is 401 g/mol. The molecule has 8 heteroatoms. The maximum Gasteiger partial charge on any atom is 0.221 e. The van der Waals surface area contributed by atoms with Crippen LogP contribution in [0.15, 0.2) is 72.1 Å². The summed E-state index contributed by atoms with van der Waals surface area (Å²) < 4.78 is 39.3. The first-order valence-electron chi connectivity index (χ1n) is 8.71. The fraction of sp³-hybridized carbons (Fsp3) is 0.200. The molecule has 146 valence electrons. The molecule has 0 saturated heterocycles. The number of imidazole rings is 1. The molecule has 1 atom stereocenters. The van der Waals surface area contributed by atoms with Crippen molar-refractivity contribution in [2.75, 3.05) is 5.75 Å². The highest BCUT2D eigenvalue weighted by Crippen LogP contribution is 2.17. The molecule has 0 aliphatic rings. The van der Waals surface area contributed by atoms with Crippen molar-refractivity contribution < 1.29 is 17.6 Å². The van der Waals surface area contributed by atoms with Gasteiger partial charge in [-0.05, 0) is 48.9 Å². The molecule has 6 nitrogen and oxygen atoms in total. The van der Waals surface area contributed by atoms with Crippen LogP contribution in [0.3, 0.4) is 0 Å². The molecule has 1 aromatic heterocycles. The van der Waals surface area contributed by atoms with E-state index in [1.165, 1.54) is 12.1 Å². The molecule has 1 amide bonds. The summed E-state index contributed by atoms with van der Waals surface area (Å²) in [6.45, 7) is 1.83. The van der Waals surface area contributed by atoms with E-state index in [1.807, 2.05) is 42.0 Å². The molecule has 0 unspecified atom stereocenters. The number of carbonyl (C=O) groups is 1. The summed E-state index contributed by atoms with van der Waals surface area (Å²) in [7, 11) is -3.64. The van der Waals surface area contributed by atoms with Crippen LogP contribution in [0, 0.1) is 5.82 Å². The van der Waals surface area contributed by atoms with Crippen LogP contribution >= 0.6 is 0 Å². The normalized spacial score (nSPS) is 12.5. The predicted molar refractivity (Wildman–Crippen MR) is 103 cm³/mol. The number of aromatic nitrogens is 2. The number of benzene rings is 2. The molecule has 0 saturated carbocycles. The fourth-order valence-corrected chi connectivity index (χ4v) is 3.97. The number of nitrogens with one attached hydrogen (secondary N) is 1. The highest BCUT2D eigenvalue weighted by molar-refractivity contribution is 7.91. The fourth-order valence-electron chi connectivity index (χ4n) is 2.73. The first-order chi connectivity index (χ1) is 13.3. The lowest BCUT2D eigenvalue weighted by Crippen LogP contribution is -2.28. The van der Waals surface area contributed by atoms with Gasteiger partial charge in [0, 0.05) is 24.5 Å². The van der Waals surface area contributed by atoms with Crippen LogP contribution in [0.5, 0.6) is 0 Å². The van der Waals surface area contributed by atoms with E-state index in [4.69, 9.17) is 0 Å². The lowest BCUT2D eigenvalue weighted by molar-refractivity contribution is -0.121. The Morgan fingerprint density at radius 2 is 1.82 bits per heavy atom. The van der Waals surface area contributed by atoms with Gasteiger partial charge in [0.2, 0.25) is 5.91 Å². The minimum atomic E-state index is -3.64. The third-order valence-electron chi connectivity index (χ3n) is 4.34. The standard InChI is InChI=1S/C20H20FN3O3S/c1-15(16-2-6-18(7-3-16)24-12-11-22-14-24)23-20(25)10-13-28(26,27)19-8-4-17(21)5-9-19/h2-9,11-12,14-15H,10,13H2,1H3,(H,23,25)/t15-/m0/s1. The number of rotatable bonds is 7. The third-order valence-corrected chi connectivity index (χ3v) is 6.08. The van der Waals surface area contributed by atoms with Crippen LogP contribution in [0.25, 0.3) is 5.69 Å². The molecule has 0 spiro atoms. The highest BCUT2D eigenvalue weighted by atomic mass is 32.2. The molecule has 0 bridgehead atoms. The molecule has 3 aromatic rings. The van der Waals surface area contributed by atoms with Crippen molar-refractivity contribution in [3.05, 3.63) is 78.6 Å². The van der Waals surface area contributed by atoms with Crippen molar-refractivity contribution in [1.82, 2.24) is 14.9 Å². The number of hydrogen-bond donors (Lipinski definition) is 1. The van der Waals surface area contributed by atoms with Gasteiger partial charge in [-0.3, -0.25) is 4.79 Å². The van der Waals surface area contributed by atoms with Gasteiger partial charge in [-0.25, -0.2) is 17.8 Å². The Morgan fingerprint density at radius 3 is 2.43 bits per heavy atom. The van der Waals surface area contributed by atoms with E-state index in [-0.39, 0.29) is 29.0 Å². The molecule has 1 heterocycles. The van der Waals surface area contributed by atoms with Crippen molar-refractivity contribution in [1.29, 1.82) is 0 Å². The van der Waals surface area contributed by atoms with Crippen LogP contribution in [0.1, 0.15) is 24.9 Å². The summed E-state index contributed by atoms with van der Waals surface area (Å²) in [6, 6.07) is 11.9. The lowest BCUT2D eigenvalue weighted by Gasteiger charge is -2.15. The molecular weight excluding hydrogens is 381 g/mol. The van der Waals surface area contributed by atoms with E-state index < -0.39 is 15.7 Å². The Kier molecular flexibility index (Phi) is 5.89. The Balaban J connectivity index is 1.56. The van der Waals surface area contributed by atoms with E-state index in [0.29, 0.717) is 0 Å². The van der Waals surface area contributed by atoms with E-state index in [2.05, 4.69) is 10.3 Å². The number of amides is 1. The number of carbonyl (C=O) groups excluding carboxylic acids is 1. The number of halogens is 1. The largest absolute Gasteiger partial charge is 0.350 e. The van der Waals surface area contributed by atoms with Crippen molar-refractivity contribution in [2.45, 2.75) is 24.3 Å². The second-order valence-corrected chi connectivity index (χ2v) is 8.48. The zero-order valence-corrected chi connectivity index (χ0v) is 16.1. The van der Waals surface area contributed by atoms with Crippen LogP contribution < -0.4 is 5.32 Å². The van der Waals surface area contributed by atoms with Crippen molar-refractivity contribution >= 4 is 15.7 Å². The number of sulfone groups is 1. The van der Waals surface area contributed by atoms with Crippen molar-refractivity contribution in [2.24, 2.45) is 0 Å². The zero-order chi connectivity index (χ0) is 20.1. The third kappa shape index (κ3) is 4.83. The summed E-state index contributed by atoms with van der Waals surface area (Å²) in [4.78, 5) is 16.2. The first-order valence-corrected chi connectivity index (χ1v) is 10.4. The zero-order valence-electron chi connectivity index (χ0n) is 15.2. The summed E-state index contributed by atoms with van der Waals surface area (Å²) >= 11 is 0. The molecule has 0 fully saturated rings. The lowest BCUT2D eigenvalue weighted by atomic mass is 10.1. The molecule has 0 aliphatic heterocycles. The minimum Gasteiger partial charge on any atom is -0.350 e. The van der Waals surface area contributed by atoms with Gasteiger partial charge in [0.25, 0.3) is 0 Å². The van der Waals surface area contributed by atoms with Gasteiger partial charge in [0.1, 0.15) is 5.82 Å². The van der Waals surface area contributed by atoms with Gasteiger partial charge in [-0.15, -0.1) is 0 Å². The molecule has 1 N–H and O–H groups in total. The van der Waals surface area contributed by atoms with Gasteiger partial charge < -0.3 is 9.88 Å². The quantitative estimate of drug-likeness (QED) is 0.617. The predicted octanol–water partition coefficient (Wildman–Crippen LogP) is 3.05. The second kappa shape index (κ2) is 8.35. The van der Waals surface area contributed by atoms with Crippen LogP contribution in [0.4, 0.5) is 4.39 Å². The summed E-state index contributed by atoms with van der Waals surface area (Å²) in [5.41, 5.74) is 1.85. The minimum absolute atomic E-state index is 0.00448. The Bertz CT molecular complexity index is 1030. The average molecular weight is 401 g/mol. The second-order valence-electron chi connectivity index (χ2n) is 6.37. The van der Waals surface area contributed by atoms with E-state index in [0.717, 1.165) is 23.4 Å². The number of nitrogens with zero attached hydrogens (tertiary/aromatic N) is 2. The molecule has 0 radical (unpaired) electrons. The average Bonchev–Trinajstić information content (AvgIpc) is 3.22. The van der Waals surface area contributed by atoms with E-state index in [9.17, 15) is 17.6 Å². The van der Waals surface area contributed by atoms with E-state index in [1.54, 1.807) is 12.5 Å². The summed E-state index contributed by atoms with van der Waals surface area (Å²) in [5, 5.41) is 2.80. The van der Waals surface area contributed by atoms with Crippen LogP contribution in [-0.2, 0) is 14.6 Å². The smallest absolute Gasteiger partial charge is 0.221 e. The topological polar surface area (TPSA) is 81.1 Å². The van der Waals surface area contributed by atoms with Gasteiger partial charge in [0.15, 0.2) is 9.84 Å². The van der Waals surface area contributed by atoms with Crippen LogP contribution in [-0.4, -0.2) is 29.6 Å². The van der Waals surface area contributed by atoms with Gasteiger partial charge >= 0.3 is 0 Å². The molecule has 3 rings (SSSR count). The summed E-state index contributed by atoms with van der Waals surface area (Å²) in [6.07, 6.45) is 5.05. The highest BCUT2D eigenvalue weighted by Gasteiger charge is 2.18. The van der Waals surface area contributed by atoms with Gasteiger partial charge in [-0.2, -0.15) is 0 Å². The maximum atomic E-state index is 12.9. The SMILES string of the molecule is C[C@H](NC(=O)CCS(=O)(=O)c1ccc(F)cc1)c1ccc(-n2ccnc2)cc1. The Labute approximate surface area is 163 Å². The summed E-state index contributed by atoms with van der Waals surface area (Å²) in [5.74, 6) is -1.21. The number of hydrogen-bond acceptors (Lipinski definition) is 4. The molecule has 2 aromatic carbocycles. The van der Waals surface area contributed by atoms with E-state index >= 15 is 0 Å². The van der Waals surface area contributed by atoms with Crippen LogP contribution in [0.2, 0.25) is 0 Å². The Morgan fingerprint density at radius 1 is 1.14 bits per heavy atom. The molecule has 0 aliphatic carbocycles. The maximum absolute atomic E-state index is 12.9. The van der Waals surface area contributed by atoms with Gasteiger partial charge in [-0.1, -0.05) is 12.1 Å². The van der Waals surface area contributed by atoms with Crippen molar-refractivity contribution in [3.63, 3.8) is 0 Å². The van der Waals surface area contributed by atoms with Gasteiger partial charge in [0.05, 0.1) is 23.0 Å². The Hall–Kier alpha value is -3.00. The molecule has 28 heavy (non-hydrogen) atoms. The molecular formula is C20H20FN3O3S. The van der Waals surface area contributed by atoms with Crippen molar-refractivity contribution in [3.8, 4) is 5.69 Å². The first kappa shape index (κ1) is 19.8.